The Morgan fingerprint density at radius 3 is 2.21 bits per heavy atom. The van der Waals surface area contributed by atoms with Crippen LogP contribution in [0.15, 0.2) is 67.0 Å². The summed E-state index contributed by atoms with van der Waals surface area (Å²) in [5.74, 6) is -0.194. The van der Waals surface area contributed by atoms with Gasteiger partial charge in [0, 0.05) is 25.2 Å². The van der Waals surface area contributed by atoms with Crippen LogP contribution in [0.3, 0.4) is 0 Å². The van der Waals surface area contributed by atoms with Crippen molar-refractivity contribution in [2.75, 3.05) is 19.6 Å². The number of rotatable bonds is 6. The molecule has 208 valence electrons. The molecule has 39 heavy (non-hydrogen) atoms. The largest absolute Gasteiger partial charge is 0.444 e. The van der Waals surface area contributed by atoms with Crippen molar-refractivity contribution in [2.45, 2.75) is 71.2 Å². The van der Waals surface area contributed by atoms with Crippen molar-refractivity contribution in [3.8, 4) is 11.3 Å². The molecular weight excluding hydrogens is 492 g/mol. The van der Waals surface area contributed by atoms with Gasteiger partial charge < -0.3 is 24.2 Å². The van der Waals surface area contributed by atoms with Gasteiger partial charge in [0.2, 0.25) is 0 Å². The lowest BCUT2D eigenvalue weighted by Crippen LogP contribution is -2.58. The van der Waals surface area contributed by atoms with Gasteiger partial charge in [0.05, 0.1) is 29.7 Å². The second-order valence-corrected chi connectivity index (χ2v) is 11.8. The summed E-state index contributed by atoms with van der Waals surface area (Å²) < 4.78 is 7.52. The van der Waals surface area contributed by atoms with Crippen LogP contribution in [-0.2, 0) is 11.2 Å². The number of amides is 2. The maximum Gasteiger partial charge on any atom is 0.410 e. The van der Waals surface area contributed by atoms with Crippen LogP contribution in [0.2, 0.25) is 0 Å². The van der Waals surface area contributed by atoms with E-state index in [1.807, 2.05) is 97.8 Å². The molecular formula is C31H40N4O4. The SMILES string of the molecule is C[C@H](n1cnc(C(=O)N2CCN(C(=O)OC(C)(C)C)C[C@H]2Cc2ccccc2)c1-c1ccccc1)C(C)(C)O. The summed E-state index contributed by atoms with van der Waals surface area (Å²) in [6.45, 7) is 12.1. The van der Waals surface area contributed by atoms with E-state index in [0.29, 0.717) is 37.4 Å². The second kappa shape index (κ2) is 11.2. The normalized spacial score (nSPS) is 17.2. The number of ether oxygens (including phenoxy) is 1. The molecule has 3 aromatic rings. The number of carbonyl (C=O) groups is 2. The van der Waals surface area contributed by atoms with Gasteiger partial charge in [-0.2, -0.15) is 0 Å². The summed E-state index contributed by atoms with van der Waals surface area (Å²) in [6, 6.07) is 19.1. The predicted octanol–water partition coefficient (Wildman–Crippen LogP) is 5.19. The van der Waals surface area contributed by atoms with Gasteiger partial charge in [0.25, 0.3) is 5.91 Å². The van der Waals surface area contributed by atoms with Crippen molar-refractivity contribution in [1.82, 2.24) is 19.4 Å². The van der Waals surface area contributed by atoms with Crippen LogP contribution in [0.25, 0.3) is 11.3 Å². The molecule has 0 bridgehead atoms. The fourth-order valence-corrected chi connectivity index (χ4v) is 4.85. The standard InChI is InChI=1S/C31H40N4O4/c1-22(31(5,6)38)35-21-32-26(27(35)24-15-11-8-12-16-24)28(36)34-18-17-33(29(37)39-30(2,3)4)20-25(34)19-23-13-9-7-10-14-23/h7-16,21-22,25,38H,17-20H2,1-6H3/t22-,25+/m0/s1. The minimum absolute atomic E-state index is 0.194. The Hall–Kier alpha value is -3.65. The fraction of sp³-hybridized carbons (Fsp3) is 0.452. The van der Waals surface area contributed by atoms with E-state index >= 15 is 0 Å². The van der Waals surface area contributed by atoms with Crippen LogP contribution in [0, 0.1) is 0 Å². The fourth-order valence-electron chi connectivity index (χ4n) is 4.85. The van der Waals surface area contributed by atoms with Crippen LogP contribution >= 0.6 is 0 Å². The summed E-state index contributed by atoms with van der Waals surface area (Å²) in [5, 5.41) is 10.8. The van der Waals surface area contributed by atoms with Crippen LogP contribution in [0.4, 0.5) is 4.79 Å². The predicted molar refractivity (Wildman–Crippen MR) is 151 cm³/mol. The number of carbonyl (C=O) groups excluding carboxylic acids is 2. The Bertz CT molecular complexity index is 1280. The Morgan fingerprint density at radius 1 is 1.00 bits per heavy atom. The molecule has 8 heteroatoms. The highest BCUT2D eigenvalue weighted by molar-refractivity contribution is 5.98. The topological polar surface area (TPSA) is 87.9 Å². The molecule has 1 aromatic heterocycles. The highest BCUT2D eigenvalue weighted by atomic mass is 16.6. The van der Waals surface area contributed by atoms with E-state index in [4.69, 9.17) is 4.74 Å². The molecule has 2 aromatic carbocycles. The first-order chi connectivity index (χ1) is 18.3. The molecule has 1 fully saturated rings. The third-order valence-corrected chi connectivity index (χ3v) is 7.19. The average Bonchev–Trinajstić information content (AvgIpc) is 3.32. The van der Waals surface area contributed by atoms with Gasteiger partial charge in [0.1, 0.15) is 5.60 Å². The van der Waals surface area contributed by atoms with E-state index in [-0.39, 0.29) is 24.1 Å². The summed E-state index contributed by atoms with van der Waals surface area (Å²) in [5.41, 5.74) is 1.30. The lowest BCUT2D eigenvalue weighted by Gasteiger charge is -2.41. The van der Waals surface area contributed by atoms with Gasteiger partial charge in [-0.05, 0) is 53.5 Å². The van der Waals surface area contributed by atoms with E-state index in [9.17, 15) is 14.7 Å². The number of hydrogen-bond acceptors (Lipinski definition) is 5. The maximum atomic E-state index is 14.2. The molecule has 2 amide bonds. The molecule has 0 aliphatic carbocycles. The number of hydrogen-bond donors (Lipinski definition) is 1. The summed E-state index contributed by atoms with van der Waals surface area (Å²) in [7, 11) is 0. The first-order valence-corrected chi connectivity index (χ1v) is 13.5. The van der Waals surface area contributed by atoms with Gasteiger partial charge in [-0.1, -0.05) is 60.7 Å². The minimum atomic E-state index is -1.03. The molecule has 1 aliphatic rings. The Labute approximate surface area is 231 Å². The summed E-state index contributed by atoms with van der Waals surface area (Å²) in [6.07, 6.45) is 1.86. The van der Waals surface area contributed by atoms with Gasteiger partial charge in [-0.25, -0.2) is 9.78 Å². The lowest BCUT2D eigenvalue weighted by molar-refractivity contribution is 0.00429. The van der Waals surface area contributed by atoms with Crippen LogP contribution in [0.5, 0.6) is 0 Å². The van der Waals surface area contributed by atoms with E-state index in [0.717, 1.165) is 11.1 Å². The molecule has 0 spiro atoms. The second-order valence-electron chi connectivity index (χ2n) is 11.8. The Balaban J connectivity index is 1.70. The highest BCUT2D eigenvalue weighted by Gasteiger charge is 2.37. The monoisotopic (exact) mass is 532 g/mol. The van der Waals surface area contributed by atoms with Crippen molar-refractivity contribution < 1.29 is 19.4 Å². The Morgan fingerprint density at radius 2 is 1.62 bits per heavy atom. The van der Waals surface area contributed by atoms with E-state index in [2.05, 4.69) is 4.98 Å². The molecule has 1 N–H and O–H groups in total. The number of piperazine rings is 1. The molecule has 0 radical (unpaired) electrons. The molecule has 8 nitrogen and oxygen atoms in total. The van der Waals surface area contributed by atoms with E-state index < -0.39 is 11.2 Å². The summed E-state index contributed by atoms with van der Waals surface area (Å²) in [4.78, 5) is 35.3. The first-order valence-electron chi connectivity index (χ1n) is 13.5. The van der Waals surface area contributed by atoms with E-state index in [1.54, 1.807) is 25.1 Å². The summed E-state index contributed by atoms with van der Waals surface area (Å²) >= 11 is 0. The number of benzene rings is 2. The zero-order valence-corrected chi connectivity index (χ0v) is 23.8. The third kappa shape index (κ3) is 6.68. The molecule has 2 atom stereocenters. The smallest absolute Gasteiger partial charge is 0.410 e. The Kier molecular flexibility index (Phi) is 8.16. The number of aliphatic hydroxyl groups is 1. The van der Waals surface area contributed by atoms with Crippen molar-refractivity contribution in [3.05, 3.63) is 78.2 Å². The minimum Gasteiger partial charge on any atom is -0.444 e. The van der Waals surface area contributed by atoms with Gasteiger partial charge in [-0.3, -0.25) is 4.79 Å². The van der Waals surface area contributed by atoms with Crippen LogP contribution in [-0.4, -0.2) is 73.3 Å². The first kappa shape index (κ1) is 28.4. The highest BCUT2D eigenvalue weighted by Crippen LogP contribution is 2.32. The van der Waals surface area contributed by atoms with Gasteiger partial charge in [-0.15, -0.1) is 0 Å². The molecule has 1 saturated heterocycles. The molecule has 0 saturated carbocycles. The third-order valence-electron chi connectivity index (χ3n) is 7.19. The van der Waals surface area contributed by atoms with Crippen LogP contribution < -0.4 is 0 Å². The van der Waals surface area contributed by atoms with Crippen molar-refractivity contribution in [2.24, 2.45) is 0 Å². The molecule has 2 heterocycles. The van der Waals surface area contributed by atoms with Gasteiger partial charge >= 0.3 is 6.09 Å². The zero-order valence-electron chi connectivity index (χ0n) is 23.8. The van der Waals surface area contributed by atoms with Crippen molar-refractivity contribution in [3.63, 3.8) is 0 Å². The zero-order chi connectivity index (χ0) is 28.4. The number of aromatic nitrogens is 2. The molecule has 1 aliphatic heterocycles. The molecule has 4 rings (SSSR count). The quantitative estimate of drug-likeness (QED) is 0.472. The lowest BCUT2D eigenvalue weighted by atomic mass is 9.98. The number of imidazole rings is 1. The van der Waals surface area contributed by atoms with Crippen LogP contribution in [0.1, 0.15) is 63.6 Å². The van der Waals surface area contributed by atoms with Gasteiger partial charge in [0.15, 0.2) is 5.69 Å². The van der Waals surface area contributed by atoms with Crippen molar-refractivity contribution in [1.29, 1.82) is 0 Å². The average molecular weight is 533 g/mol. The molecule has 0 unspecified atom stereocenters. The van der Waals surface area contributed by atoms with E-state index in [1.165, 1.54) is 0 Å². The van der Waals surface area contributed by atoms with Crippen molar-refractivity contribution >= 4 is 12.0 Å². The maximum absolute atomic E-state index is 14.2. The number of nitrogens with zero attached hydrogens (tertiary/aromatic N) is 4.